The third kappa shape index (κ3) is 5.37. The third-order valence-electron chi connectivity index (χ3n) is 1.56. The number of primary amides is 1. The summed E-state index contributed by atoms with van der Waals surface area (Å²) in [5.41, 5.74) is 4.79. The summed E-state index contributed by atoms with van der Waals surface area (Å²) in [7, 11) is -4.02. The summed E-state index contributed by atoms with van der Waals surface area (Å²) in [6.07, 6.45) is 2.80. The van der Waals surface area contributed by atoms with Gasteiger partial charge in [-0.2, -0.15) is 8.42 Å². The van der Waals surface area contributed by atoms with Gasteiger partial charge in [0.15, 0.2) is 0 Å². The summed E-state index contributed by atoms with van der Waals surface area (Å²) < 4.78 is 30.0. The van der Waals surface area contributed by atoms with Gasteiger partial charge in [-0.1, -0.05) is 13.0 Å². The summed E-state index contributed by atoms with van der Waals surface area (Å²) >= 11 is 0. The highest BCUT2D eigenvalue weighted by Gasteiger charge is 2.18. The van der Waals surface area contributed by atoms with Gasteiger partial charge in [0, 0.05) is 0 Å². The van der Waals surface area contributed by atoms with Crippen molar-refractivity contribution in [2.45, 2.75) is 25.0 Å². The molecule has 3 N–H and O–H groups in total. The number of rotatable bonds is 5. The van der Waals surface area contributed by atoms with Crippen molar-refractivity contribution in [3.63, 3.8) is 0 Å². The molecule has 0 aliphatic rings. The highest BCUT2D eigenvalue weighted by molar-refractivity contribution is 7.86. The Kier molecular flexibility index (Phi) is 4.64. The van der Waals surface area contributed by atoms with Crippen molar-refractivity contribution in [3.05, 3.63) is 12.2 Å². The Hall–Kier alpha value is -0.880. The molecule has 0 heterocycles. The van der Waals surface area contributed by atoms with Crippen molar-refractivity contribution >= 4 is 16.0 Å². The third-order valence-corrected chi connectivity index (χ3v) is 2.93. The molecule has 0 aromatic carbocycles. The number of carbonyl (C=O) groups excluding carboxylic acids is 1. The van der Waals surface area contributed by atoms with Crippen LogP contribution in [0, 0.1) is 0 Å². The van der Waals surface area contributed by atoms with Gasteiger partial charge in [-0.05, 0) is 18.9 Å². The van der Waals surface area contributed by atoms with E-state index < -0.39 is 21.3 Å². The van der Waals surface area contributed by atoms with Crippen LogP contribution >= 0.6 is 0 Å². The van der Waals surface area contributed by atoms with Gasteiger partial charge in [0.1, 0.15) is 0 Å². The van der Waals surface area contributed by atoms with E-state index in [1.807, 2.05) is 0 Å². The fraction of sp³-hybridized carbons (Fsp3) is 0.571. The van der Waals surface area contributed by atoms with Crippen LogP contribution in [0.15, 0.2) is 12.2 Å². The maximum atomic E-state index is 10.6. The molecule has 1 unspecified atom stereocenters. The fourth-order valence-electron chi connectivity index (χ4n) is 0.835. The van der Waals surface area contributed by atoms with Crippen LogP contribution < -0.4 is 5.73 Å². The molecular weight excluding hydrogens is 194 g/mol. The Morgan fingerprint density at radius 1 is 1.62 bits per heavy atom. The van der Waals surface area contributed by atoms with Gasteiger partial charge in [-0.3, -0.25) is 9.35 Å². The van der Waals surface area contributed by atoms with Gasteiger partial charge in [-0.15, -0.1) is 0 Å². The molecule has 0 saturated heterocycles. The van der Waals surface area contributed by atoms with Crippen molar-refractivity contribution in [1.82, 2.24) is 0 Å². The molecular formula is C7H13NO4S. The van der Waals surface area contributed by atoms with Crippen molar-refractivity contribution in [1.29, 1.82) is 0 Å². The summed E-state index contributed by atoms with van der Waals surface area (Å²) in [4.78, 5) is 10.2. The van der Waals surface area contributed by atoms with Crippen LogP contribution in [0.2, 0.25) is 0 Å². The second kappa shape index (κ2) is 4.98. The fourth-order valence-corrected chi connectivity index (χ4v) is 1.61. The lowest BCUT2D eigenvalue weighted by Crippen LogP contribution is -2.18. The Balaban J connectivity index is 4.25. The molecule has 0 spiro atoms. The van der Waals surface area contributed by atoms with Crippen LogP contribution in [-0.4, -0.2) is 24.1 Å². The monoisotopic (exact) mass is 207 g/mol. The van der Waals surface area contributed by atoms with E-state index in [9.17, 15) is 13.2 Å². The van der Waals surface area contributed by atoms with Crippen LogP contribution in [-0.2, 0) is 14.9 Å². The van der Waals surface area contributed by atoms with E-state index in [0.29, 0.717) is 6.42 Å². The number of allylic oxidation sites excluding steroid dienone is 1. The Morgan fingerprint density at radius 3 is 2.46 bits per heavy atom. The summed E-state index contributed by atoms with van der Waals surface area (Å²) in [6, 6.07) is 0. The molecule has 1 atom stereocenters. The molecule has 5 nitrogen and oxygen atoms in total. The molecule has 0 aromatic rings. The van der Waals surface area contributed by atoms with E-state index in [2.05, 4.69) is 0 Å². The minimum atomic E-state index is -4.02. The van der Waals surface area contributed by atoms with Gasteiger partial charge in [0.2, 0.25) is 5.91 Å². The number of nitrogens with two attached hydrogens (primary N) is 1. The van der Waals surface area contributed by atoms with Gasteiger partial charge >= 0.3 is 0 Å². The van der Waals surface area contributed by atoms with Crippen molar-refractivity contribution < 1.29 is 17.8 Å². The summed E-state index contributed by atoms with van der Waals surface area (Å²) in [5, 5.41) is -0.858. The smallest absolute Gasteiger partial charge is 0.268 e. The van der Waals surface area contributed by atoms with Crippen LogP contribution in [0.5, 0.6) is 0 Å². The first-order valence-electron chi connectivity index (χ1n) is 3.80. The predicted molar refractivity (Wildman–Crippen MR) is 48.6 cm³/mol. The zero-order chi connectivity index (χ0) is 10.5. The van der Waals surface area contributed by atoms with E-state index in [1.54, 1.807) is 6.92 Å². The Bertz CT molecular complexity index is 294. The Labute approximate surface area is 77.4 Å². The lowest BCUT2D eigenvalue weighted by atomic mass is 10.2. The topological polar surface area (TPSA) is 97.5 Å². The molecule has 13 heavy (non-hydrogen) atoms. The number of carbonyl (C=O) groups is 1. The van der Waals surface area contributed by atoms with E-state index >= 15 is 0 Å². The largest absolute Gasteiger partial charge is 0.366 e. The second-order valence-electron chi connectivity index (χ2n) is 2.59. The van der Waals surface area contributed by atoms with E-state index in [0.717, 1.165) is 6.08 Å². The highest BCUT2D eigenvalue weighted by atomic mass is 32.2. The van der Waals surface area contributed by atoms with Crippen molar-refractivity contribution in [2.24, 2.45) is 5.73 Å². The average molecular weight is 207 g/mol. The zero-order valence-electron chi connectivity index (χ0n) is 7.30. The first-order chi connectivity index (χ1) is 5.88. The van der Waals surface area contributed by atoms with Crippen LogP contribution in [0.1, 0.15) is 19.8 Å². The first kappa shape index (κ1) is 12.1. The molecule has 0 bridgehead atoms. The molecule has 0 radical (unpaired) electrons. The molecule has 0 saturated carbocycles. The molecule has 0 aromatic heterocycles. The molecule has 6 heteroatoms. The molecule has 0 aliphatic carbocycles. The Morgan fingerprint density at radius 2 is 2.15 bits per heavy atom. The van der Waals surface area contributed by atoms with Gasteiger partial charge in [-0.25, -0.2) is 0 Å². The molecule has 0 fully saturated rings. The standard InChI is InChI=1S/C7H13NO4S/c1-2-6(13(10,11)12)4-3-5-7(8)9/h3,5-6H,2,4H2,1H3,(H2,8,9)(H,10,11,12)/b5-3+. The number of hydrogen-bond donors (Lipinski definition) is 2. The lowest BCUT2D eigenvalue weighted by Gasteiger charge is -2.07. The maximum absolute atomic E-state index is 10.6. The first-order valence-corrected chi connectivity index (χ1v) is 5.30. The minimum Gasteiger partial charge on any atom is -0.366 e. The minimum absolute atomic E-state index is 0.0955. The number of hydrogen-bond acceptors (Lipinski definition) is 3. The highest BCUT2D eigenvalue weighted by Crippen LogP contribution is 2.08. The summed E-state index contributed by atoms with van der Waals surface area (Å²) in [5.74, 6) is -0.634. The zero-order valence-corrected chi connectivity index (χ0v) is 8.12. The molecule has 0 aliphatic heterocycles. The van der Waals surface area contributed by atoms with E-state index in [-0.39, 0.29) is 6.42 Å². The molecule has 0 rings (SSSR count). The second-order valence-corrected chi connectivity index (χ2v) is 4.28. The average Bonchev–Trinajstić information content (AvgIpc) is 1.95. The van der Waals surface area contributed by atoms with Crippen molar-refractivity contribution in [3.8, 4) is 0 Å². The van der Waals surface area contributed by atoms with Gasteiger partial charge in [0.05, 0.1) is 5.25 Å². The predicted octanol–water partition coefficient (Wildman–Crippen LogP) is 0.0844. The van der Waals surface area contributed by atoms with Crippen LogP contribution in [0.4, 0.5) is 0 Å². The van der Waals surface area contributed by atoms with E-state index in [1.165, 1.54) is 6.08 Å². The quantitative estimate of drug-likeness (QED) is 0.493. The van der Waals surface area contributed by atoms with Crippen molar-refractivity contribution in [2.75, 3.05) is 0 Å². The van der Waals surface area contributed by atoms with Crippen LogP contribution in [0.25, 0.3) is 0 Å². The molecule has 1 amide bonds. The summed E-state index contributed by atoms with van der Waals surface area (Å²) in [6.45, 7) is 1.64. The van der Waals surface area contributed by atoms with E-state index in [4.69, 9.17) is 10.3 Å². The van der Waals surface area contributed by atoms with Crippen LogP contribution in [0.3, 0.4) is 0 Å². The lowest BCUT2D eigenvalue weighted by molar-refractivity contribution is -0.113. The normalized spacial score (nSPS) is 14.6. The maximum Gasteiger partial charge on any atom is 0.268 e. The molecule has 76 valence electrons. The number of amides is 1. The van der Waals surface area contributed by atoms with Gasteiger partial charge < -0.3 is 5.73 Å². The van der Waals surface area contributed by atoms with Gasteiger partial charge in [0.25, 0.3) is 10.1 Å². The SMILES string of the molecule is CCC(C/C=C/C(N)=O)S(=O)(=O)O.